The fraction of sp³-hybridized carbons (Fsp3) is 0.192. The molecule has 0 unspecified atom stereocenters. The van der Waals surface area contributed by atoms with Crippen LogP contribution >= 0.6 is 23.2 Å². The summed E-state index contributed by atoms with van der Waals surface area (Å²) in [7, 11) is 1.68. The number of halogens is 2. The standard InChI is InChI=1S/C26H23Cl2N3O3/c1-15(24(32)29-14-16-11-17(27)13-18(28)12-16)25(33)30-23-21-9-4-3-7-19(21)20-8-5-6-10-22(20)31(2)26(23)34/h3-13,15,23H,14H2,1-2H3,(H,29,32)(H,30,33)/t15-,23+/m0/s1. The Morgan fingerprint density at radius 1 is 0.941 bits per heavy atom. The Kier molecular flexibility index (Phi) is 6.91. The van der Waals surface area contributed by atoms with Gasteiger partial charge in [0.05, 0.1) is 5.69 Å². The van der Waals surface area contributed by atoms with E-state index in [0.29, 0.717) is 21.2 Å². The van der Waals surface area contributed by atoms with Gasteiger partial charge in [-0.1, -0.05) is 65.7 Å². The van der Waals surface area contributed by atoms with Gasteiger partial charge in [-0.15, -0.1) is 0 Å². The predicted molar refractivity (Wildman–Crippen MR) is 134 cm³/mol. The first-order valence-electron chi connectivity index (χ1n) is 10.7. The van der Waals surface area contributed by atoms with Gasteiger partial charge in [-0.2, -0.15) is 0 Å². The fourth-order valence-electron chi connectivity index (χ4n) is 4.01. The van der Waals surface area contributed by atoms with Crippen LogP contribution in [0.3, 0.4) is 0 Å². The predicted octanol–water partition coefficient (Wildman–Crippen LogP) is 4.75. The quantitative estimate of drug-likeness (QED) is 0.501. The second kappa shape index (κ2) is 9.87. The molecule has 4 rings (SSSR count). The molecule has 2 N–H and O–H groups in total. The number of rotatable bonds is 5. The Morgan fingerprint density at radius 3 is 2.26 bits per heavy atom. The number of para-hydroxylation sites is 1. The first kappa shape index (κ1) is 23.8. The molecule has 0 aliphatic carbocycles. The lowest BCUT2D eigenvalue weighted by atomic mass is 9.95. The highest BCUT2D eigenvalue weighted by atomic mass is 35.5. The van der Waals surface area contributed by atoms with Crippen molar-refractivity contribution in [1.29, 1.82) is 0 Å². The maximum absolute atomic E-state index is 13.4. The molecule has 0 fully saturated rings. The van der Waals surface area contributed by atoms with Crippen molar-refractivity contribution in [3.05, 3.63) is 87.9 Å². The maximum atomic E-state index is 13.4. The summed E-state index contributed by atoms with van der Waals surface area (Å²) in [5.41, 5.74) is 3.90. The monoisotopic (exact) mass is 495 g/mol. The van der Waals surface area contributed by atoms with Crippen LogP contribution in [0.4, 0.5) is 5.69 Å². The summed E-state index contributed by atoms with van der Waals surface area (Å²) in [6.45, 7) is 1.67. The van der Waals surface area contributed by atoms with Gasteiger partial charge in [0.25, 0.3) is 5.91 Å². The Hall–Kier alpha value is -3.35. The van der Waals surface area contributed by atoms with Gasteiger partial charge in [0.15, 0.2) is 0 Å². The fourth-order valence-corrected chi connectivity index (χ4v) is 4.59. The highest BCUT2D eigenvalue weighted by Gasteiger charge is 2.34. The number of nitrogens with zero attached hydrogens (tertiary/aromatic N) is 1. The molecule has 8 heteroatoms. The van der Waals surface area contributed by atoms with Crippen LogP contribution in [0.15, 0.2) is 66.7 Å². The van der Waals surface area contributed by atoms with E-state index in [1.54, 1.807) is 25.2 Å². The van der Waals surface area contributed by atoms with E-state index >= 15 is 0 Å². The lowest BCUT2D eigenvalue weighted by Crippen LogP contribution is -2.45. The molecular formula is C26H23Cl2N3O3. The third-order valence-electron chi connectivity index (χ3n) is 5.87. The van der Waals surface area contributed by atoms with Crippen LogP contribution < -0.4 is 15.5 Å². The van der Waals surface area contributed by atoms with Crippen molar-refractivity contribution in [1.82, 2.24) is 10.6 Å². The molecule has 0 saturated heterocycles. The van der Waals surface area contributed by atoms with Crippen LogP contribution in [-0.2, 0) is 20.9 Å². The molecule has 6 nitrogen and oxygen atoms in total. The summed E-state index contributed by atoms with van der Waals surface area (Å²) < 4.78 is 0. The molecule has 34 heavy (non-hydrogen) atoms. The molecule has 3 aromatic rings. The number of carbonyl (C=O) groups is 3. The lowest BCUT2D eigenvalue weighted by Gasteiger charge is -2.24. The molecule has 3 aromatic carbocycles. The van der Waals surface area contributed by atoms with E-state index < -0.39 is 23.8 Å². The SMILES string of the molecule is C[C@@H](C(=O)NCc1cc(Cl)cc(Cl)c1)C(=O)N[C@H]1C(=O)N(C)c2ccccc2-c2ccccc21. The minimum atomic E-state index is -1.02. The van der Waals surface area contributed by atoms with Crippen molar-refractivity contribution in [2.24, 2.45) is 5.92 Å². The van der Waals surface area contributed by atoms with Crippen molar-refractivity contribution in [2.45, 2.75) is 19.5 Å². The Labute approximate surface area is 207 Å². The molecule has 0 spiro atoms. The van der Waals surface area contributed by atoms with Crippen LogP contribution in [0.25, 0.3) is 11.1 Å². The topological polar surface area (TPSA) is 78.5 Å². The molecule has 0 bridgehead atoms. The third-order valence-corrected chi connectivity index (χ3v) is 6.30. The minimum absolute atomic E-state index is 0.167. The molecule has 1 aliphatic heterocycles. The lowest BCUT2D eigenvalue weighted by molar-refractivity contribution is -0.136. The zero-order valence-electron chi connectivity index (χ0n) is 18.6. The summed E-state index contributed by atoms with van der Waals surface area (Å²) in [6, 6.07) is 19.1. The summed E-state index contributed by atoms with van der Waals surface area (Å²) in [4.78, 5) is 40.6. The number of nitrogens with one attached hydrogen (secondary N) is 2. The van der Waals surface area contributed by atoms with E-state index in [9.17, 15) is 14.4 Å². The van der Waals surface area contributed by atoms with Crippen LogP contribution in [0.5, 0.6) is 0 Å². The van der Waals surface area contributed by atoms with E-state index in [-0.39, 0.29) is 12.5 Å². The highest BCUT2D eigenvalue weighted by molar-refractivity contribution is 6.34. The minimum Gasteiger partial charge on any atom is -0.351 e. The molecule has 0 aromatic heterocycles. The highest BCUT2D eigenvalue weighted by Crippen LogP contribution is 2.39. The first-order chi connectivity index (χ1) is 16.3. The van der Waals surface area contributed by atoms with Gasteiger partial charge >= 0.3 is 0 Å². The van der Waals surface area contributed by atoms with Crippen molar-refractivity contribution in [3.8, 4) is 11.1 Å². The molecule has 3 amide bonds. The van der Waals surface area contributed by atoms with Crippen LogP contribution in [0.1, 0.15) is 24.1 Å². The van der Waals surface area contributed by atoms with Gasteiger partial charge in [-0.3, -0.25) is 14.4 Å². The van der Waals surface area contributed by atoms with Gasteiger partial charge in [0, 0.05) is 29.2 Å². The van der Waals surface area contributed by atoms with E-state index in [4.69, 9.17) is 23.2 Å². The summed E-state index contributed by atoms with van der Waals surface area (Å²) in [5.74, 6) is -2.33. The number of anilines is 1. The summed E-state index contributed by atoms with van der Waals surface area (Å²) >= 11 is 12.0. The van der Waals surface area contributed by atoms with E-state index in [1.165, 1.54) is 11.8 Å². The third kappa shape index (κ3) is 4.79. The number of amides is 3. The normalized spacial score (nSPS) is 15.6. The van der Waals surface area contributed by atoms with Crippen molar-refractivity contribution in [2.75, 3.05) is 11.9 Å². The van der Waals surface area contributed by atoms with Crippen molar-refractivity contribution in [3.63, 3.8) is 0 Å². The molecule has 1 heterocycles. The zero-order chi connectivity index (χ0) is 24.4. The average Bonchev–Trinajstić information content (AvgIpc) is 2.91. The largest absolute Gasteiger partial charge is 0.351 e. The number of hydrogen-bond donors (Lipinski definition) is 2. The second-order valence-electron chi connectivity index (χ2n) is 8.16. The zero-order valence-corrected chi connectivity index (χ0v) is 20.2. The summed E-state index contributed by atoms with van der Waals surface area (Å²) in [6.07, 6.45) is 0. The van der Waals surface area contributed by atoms with Gasteiger partial charge < -0.3 is 15.5 Å². The second-order valence-corrected chi connectivity index (χ2v) is 9.03. The smallest absolute Gasteiger partial charge is 0.253 e. The molecule has 0 saturated carbocycles. The van der Waals surface area contributed by atoms with E-state index in [2.05, 4.69) is 10.6 Å². The van der Waals surface area contributed by atoms with Gasteiger partial charge in [-0.25, -0.2) is 0 Å². The molecular weight excluding hydrogens is 473 g/mol. The molecule has 1 aliphatic rings. The number of likely N-dealkylation sites (N-methyl/N-ethyl adjacent to an activating group) is 1. The van der Waals surface area contributed by atoms with Crippen LogP contribution in [0.2, 0.25) is 10.0 Å². The molecule has 174 valence electrons. The molecule has 0 radical (unpaired) electrons. The van der Waals surface area contributed by atoms with Crippen molar-refractivity contribution < 1.29 is 14.4 Å². The number of hydrogen-bond acceptors (Lipinski definition) is 3. The Balaban J connectivity index is 1.52. The van der Waals surface area contributed by atoms with Crippen molar-refractivity contribution >= 4 is 46.6 Å². The summed E-state index contributed by atoms with van der Waals surface area (Å²) in [5, 5.41) is 6.43. The van der Waals surface area contributed by atoms with E-state index in [0.717, 1.165) is 16.8 Å². The average molecular weight is 496 g/mol. The number of benzene rings is 3. The van der Waals surface area contributed by atoms with Gasteiger partial charge in [0.2, 0.25) is 11.8 Å². The van der Waals surface area contributed by atoms with Gasteiger partial charge in [0.1, 0.15) is 12.0 Å². The van der Waals surface area contributed by atoms with Crippen LogP contribution in [-0.4, -0.2) is 24.8 Å². The Bertz CT molecular complexity index is 1260. The van der Waals surface area contributed by atoms with Crippen LogP contribution in [0, 0.1) is 5.92 Å². The number of fused-ring (bicyclic) bond motifs is 3. The first-order valence-corrected chi connectivity index (χ1v) is 11.5. The maximum Gasteiger partial charge on any atom is 0.253 e. The number of carbonyl (C=O) groups excluding carboxylic acids is 3. The van der Waals surface area contributed by atoms with Gasteiger partial charge in [-0.05, 0) is 47.9 Å². The Morgan fingerprint density at radius 2 is 1.56 bits per heavy atom. The van der Waals surface area contributed by atoms with E-state index in [1.807, 2.05) is 48.5 Å². The molecule has 2 atom stereocenters.